The van der Waals surface area contributed by atoms with Crippen molar-refractivity contribution >= 4 is 11.9 Å². The van der Waals surface area contributed by atoms with Gasteiger partial charge in [-0.25, -0.2) is 0 Å². The summed E-state index contributed by atoms with van der Waals surface area (Å²) in [6.07, 6.45) is -11.6. The summed E-state index contributed by atoms with van der Waals surface area (Å²) >= 11 is 0. The molecule has 0 aromatic carbocycles. The first-order valence-electron chi connectivity index (χ1n) is 3.59. The van der Waals surface area contributed by atoms with E-state index in [0.717, 1.165) is 5.32 Å². The van der Waals surface area contributed by atoms with E-state index in [1.807, 2.05) is 0 Å². The van der Waals surface area contributed by atoms with Crippen LogP contribution in [0.4, 0.5) is 26.3 Å². The number of carbonyl (C=O) groups is 2. The van der Waals surface area contributed by atoms with Crippen molar-refractivity contribution in [2.24, 2.45) is 5.92 Å². The van der Waals surface area contributed by atoms with Crippen molar-refractivity contribution in [1.82, 2.24) is 5.32 Å². The van der Waals surface area contributed by atoms with Crippen molar-refractivity contribution in [3.63, 3.8) is 0 Å². The molecule has 0 aliphatic rings. The number of carboxylic acid groups (broad SMARTS) is 1. The largest absolute Gasteiger partial charge is 0.480 e. The first kappa shape index (κ1) is 14.5. The molecular weight excluding hydrogens is 248 g/mol. The van der Waals surface area contributed by atoms with Crippen LogP contribution in [-0.4, -0.2) is 35.9 Å². The lowest BCUT2D eigenvalue weighted by molar-refractivity contribution is -0.274. The Labute approximate surface area is 84.2 Å². The van der Waals surface area contributed by atoms with Crippen LogP contribution in [0.5, 0.6) is 0 Å². The molecule has 4 nitrogen and oxygen atoms in total. The Kier molecular flexibility index (Phi) is 4.15. The summed E-state index contributed by atoms with van der Waals surface area (Å²) < 4.78 is 71.2. The van der Waals surface area contributed by atoms with Gasteiger partial charge in [0.25, 0.3) is 0 Å². The predicted octanol–water partition coefficient (Wildman–Crippen LogP) is 0.928. The minimum atomic E-state index is -5.82. The van der Waals surface area contributed by atoms with E-state index in [4.69, 9.17) is 5.11 Å². The Hall–Kier alpha value is -1.48. The highest BCUT2D eigenvalue weighted by molar-refractivity contribution is 5.84. The predicted molar refractivity (Wildman–Crippen MR) is 36.2 cm³/mol. The quantitative estimate of drug-likeness (QED) is 0.735. The summed E-state index contributed by atoms with van der Waals surface area (Å²) in [7, 11) is 0. The number of carbonyl (C=O) groups excluding carboxylic acids is 1. The molecule has 0 aliphatic carbocycles. The molecule has 16 heavy (non-hydrogen) atoms. The van der Waals surface area contributed by atoms with Crippen molar-refractivity contribution < 1.29 is 41.0 Å². The van der Waals surface area contributed by atoms with E-state index in [0.29, 0.717) is 0 Å². The fraction of sp³-hybridized carbons (Fsp3) is 0.667. The summed E-state index contributed by atoms with van der Waals surface area (Å²) in [4.78, 5) is 20.4. The topological polar surface area (TPSA) is 66.4 Å². The molecule has 10 heteroatoms. The van der Waals surface area contributed by atoms with Gasteiger partial charge in [-0.2, -0.15) is 26.3 Å². The highest BCUT2D eigenvalue weighted by Gasteiger charge is 2.61. The Morgan fingerprint density at radius 1 is 1.06 bits per heavy atom. The van der Waals surface area contributed by atoms with Crippen molar-refractivity contribution in [2.75, 3.05) is 6.54 Å². The molecule has 0 spiro atoms. The van der Waals surface area contributed by atoms with Crippen LogP contribution in [0, 0.1) is 5.92 Å². The van der Waals surface area contributed by atoms with Crippen molar-refractivity contribution in [3.8, 4) is 0 Å². The average Bonchev–Trinajstić information content (AvgIpc) is 1.94. The molecule has 0 aliphatic heterocycles. The maximum atomic E-state index is 11.9. The first-order valence-corrected chi connectivity index (χ1v) is 3.59. The van der Waals surface area contributed by atoms with Gasteiger partial charge in [-0.1, -0.05) is 0 Å². The molecular formula is C6H5F6NO3. The second-order valence-electron chi connectivity index (χ2n) is 2.63. The Morgan fingerprint density at radius 3 is 1.69 bits per heavy atom. The molecule has 0 saturated carbocycles. The minimum absolute atomic E-state index is 1.02. The summed E-state index contributed by atoms with van der Waals surface area (Å²) in [6, 6.07) is 0. The normalized spacial score (nSPS) is 12.7. The van der Waals surface area contributed by atoms with E-state index in [-0.39, 0.29) is 0 Å². The second-order valence-corrected chi connectivity index (χ2v) is 2.63. The number of rotatable bonds is 3. The number of hydrogen-bond acceptors (Lipinski definition) is 2. The molecule has 1 amide bonds. The Bertz CT molecular complexity index is 269. The molecule has 0 radical (unpaired) electrons. The molecule has 0 rings (SSSR count). The van der Waals surface area contributed by atoms with E-state index in [1.54, 1.807) is 0 Å². The fourth-order valence-electron chi connectivity index (χ4n) is 0.748. The maximum absolute atomic E-state index is 11.9. The van der Waals surface area contributed by atoms with Crippen LogP contribution in [0.3, 0.4) is 0 Å². The third-order valence-corrected chi connectivity index (χ3v) is 1.33. The van der Waals surface area contributed by atoms with Crippen LogP contribution in [0.2, 0.25) is 0 Å². The average molecular weight is 253 g/mol. The third kappa shape index (κ3) is 4.36. The molecule has 0 unspecified atom stereocenters. The number of nitrogens with one attached hydrogen (secondary N) is 1. The molecule has 0 saturated heterocycles. The molecule has 0 aromatic heterocycles. The van der Waals surface area contributed by atoms with Crippen molar-refractivity contribution in [3.05, 3.63) is 0 Å². The lowest BCUT2D eigenvalue weighted by atomic mass is 10.1. The van der Waals surface area contributed by atoms with E-state index >= 15 is 0 Å². The lowest BCUT2D eigenvalue weighted by Gasteiger charge is -2.21. The number of amides is 1. The molecule has 94 valence electrons. The van der Waals surface area contributed by atoms with Crippen LogP contribution in [-0.2, 0) is 9.59 Å². The van der Waals surface area contributed by atoms with Gasteiger partial charge in [0, 0.05) is 0 Å². The Balaban J connectivity index is 4.80. The summed E-state index contributed by atoms with van der Waals surface area (Å²) in [5.41, 5.74) is 0. The minimum Gasteiger partial charge on any atom is -0.480 e. The molecule has 0 bridgehead atoms. The van der Waals surface area contributed by atoms with E-state index in [1.165, 1.54) is 0 Å². The number of aliphatic carboxylic acids is 1. The van der Waals surface area contributed by atoms with Gasteiger partial charge in [-0.3, -0.25) is 9.59 Å². The van der Waals surface area contributed by atoms with Gasteiger partial charge in [0.2, 0.25) is 11.8 Å². The monoisotopic (exact) mass is 253 g/mol. The van der Waals surface area contributed by atoms with Crippen molar-refractivity contribution in [1.29, 1.82) is 0 Å². The number of alkyl halides is 6. The summed E-state index contributed by atoms with van der Waals surface area (Å²) in [6.45, 7) is -1.32. The van der Waals surface area contributed by atoms with Gasteiger partial charge in [-0.15, -0.1) is 0 Å². The van der Waals surface area contributed by atoms with Crippen LogP contribution in [0.25, 0.3) is 0 Å². The highest BCUT2D eigenvalue weighted by Crippen LogP contribution is 2.39. The smallest absolute Gasteiger partial charge is 0.409 e. The van der Waals surface area contributed by atoms with Crippen LogP contribution in [0.15, 0.2) is 0 Å². The number of halogens is 6. The summed E-state index contributed by atoms with van der Waals surface area (Å²) in [5, 5.41) is 8.99. The standard InChI is InChI=1S/C6H5F6NO3/c7-5(8,9)3(6(10,11)12)4(16)13-1-2(14)15/h3H,1H2,(H,13,16)(H,14,15). The van der Waals surface area contributed by atoms with E-state index in [9.17, 15) is 35.9 Å². The van der Waals surface area contributed by atoms with Crippen LogP contribution < -0.4 is 5.32 Å². The van der Waals surface area contributed by atoms with Crippen LogP contribution >= 0.6 is 0 Å². The molecule has 0 fully saturated rings. The number of hydrogen-bond donors (Lipinski definition) is 2. The van der Waals surface area contributed by atoms with Gasteiger partial charge in [0.1, 0.15) is 6.54 Å². The van der Waals surface area contributed by atoms with Gasteiger partial charge in [0.15, 0.2) is 0 Å². The molecule has 0 aromatic rings. The second kappa shape index (κ2) is 4.58. The molecule has 2 N–H and O–H groups in total. The SMILES string of the molecule is O=C(O)CNC(=O)C(C(F)(F)F)C(F)(F)F. The van der Waals surface area contributed by atoms with Crippen molar-refractivity contribution in [2.45, 2.75) is 12.4 Å². The zero-order chi connectivity index (χ0) is 13.1. The summed E-state index contributed by atoms with van der Waals surface area (Å²) in [5.74, 6) is -8.42. The van der Waals surface area contributed by atoms with E-state index < -0.39 is 36.7 Å². The maximum Gasteiger partial charge on any atom is 0.409 e. The number of carboxylic acids is 1. The lowest BCUT2D eigenvalue weighted by Crippen LogP contribution is -2.48. The van der Waals surface area contributed by atoms with Crippen LogP contribution in [0.1, 0.15) is 0 Å². The highest BCUT2D eigenvalue weighted by atomic mass is 19.4. The third-order valence-electron chi connectivity index (χ3n) is 1.33. The first-order chi connectivity index (χ1) is 6.96. The molecule has 0 heterocycles. The molecule has 0 atom stereocenters. The Morgan fingerprint density at radius 2 is 1.44 bits per heavy atom. The van der Waals surface area contributed by atoms with Gasteiger partial charge in [0.05, 0.1) is 0 Å². The van der Waals surface area contributed by atoms with Gasteiger partial charge in [-0.05, 0) is 0 Å². The zero-order valence-corrected chi connectivity index (χ0v) is 7.32. The van der Waals surface area contributed by atoms with Gasteiger partial charge < -0.3 is 10.4 Å². The van der Waals surface area contributed by atoms with E-state index in [2.05, 4.69) is 0 Å². The van der Waals surface area contributed by atoms with Gasteiger partial charge >= 0.3 is 18.3 Å². The zero-order valence-electron chi connectivity index (χ0n) is 7.32. The fourth-order valence-corrected chi connectivity index (χ4v) is 0.748.